The molecule has 0 spiro atoms. The second-order valence-electron chi connectivity index (χ2n) is 10.8. The fourth-order valence-electron chi connectivity index (χ4n) is 7.26. The molecule has 0 amide bonds. The molecule has 2 aliphatic heterocycles. The molecule has 1 N–H and O–H groups in total. The Morgan fingerprint density at radius 2 is 1.58 bits per heavy atom. The monoisotopic (exact) mass is 428 g/mol. The molecular weight excluding hydrogens is 392 g/mol. The summed E-state index contributed by atoms with van der Waals surface area (Å²) in [6, 6.07) is 6.24. The third-order valence-corrected chi connectivity index (χ3v) is 8.34. The lowest BCUT2D eigenvalue weighted by molar-refractivity contribution is -0.176. The minimum absolute atomic E-state index is 0.0963. The molecule has 1 atom stereocenters. The Labute approximate surface area is 185 Å². The summed E-state index contributed by atoms with van der Waals surface area (Å²) in [5, 5.41) is 10.7. The zero-order valence-corrected chi connectivity index (χ0v) is 18.5. The van der Waals surface area contributed by atoms with E-state index < -0.39 is 0 Å². The van der Waals surface area contributed by atoms with Crippen LogP contribution in [0.3, 0.4) is 0 Å². The molecule has 6 heteroatoms. The summed E-state index contributed by atoms with van der Waals surface area (Å²) in [6.07, 6.45) is 7.64. The van der Waals surface area contributed by atoms with Crippen molar-refractivity contribution in [3.8, 4) is 11.5 Å². The number of ether oxygens (including phenoxy) is 3. The van der Waals surface area contributed by atoms with Gasteiger partial charge in [0.1, 0.15) is 0 Å². The normalized spacial score (nSPS) is 35.6. The Kier molecular flexibility index (Phi) is 5.37. The molecule has 4 aliphatic carbocycles. The molecule has 1 saturated heterocycles. The van der Waals surface area contributed by atoms with E-state index in [1.807, 2.05) is 6.07 Å². The molecule has 4 bridgehead atoms. The molecule has 5 fully saturated rings. The van der Waals surface area contributed by atoms with Crippen molar-refractivity contribution >= 4 is 0 Å². The van der Waals surface area contributed by atoms with Gasteiger partial charge in [0.15, 0.2) is 11.5 Å². The van der Waals surface area contributed by atoms with E-state index in [1.165, 1.54) is 44.1 Å². The number of rotatable bonds is 7. The van der Waals surface area contributed by atoms with Gasteiger partial charge in [0, 0.05) is 39.3 Å². The summed E-state index contributed by atoms with van der Waals surface area (Å²) in [5.74, 6) is 4.38. The number of fused-ring (bicyclic) bond motifs is 1. The van der Waals surface area contributed by atoms with Crippen LogP contribution < -0.4 is 9.47 Å². The maximum atomic E-state index is 10.7. The van der Waals surface area contributed by atoms with E-state index in [2.05, 4.69) is 21.9 Å². The van der Waals surface area contributed by atoms with Crippen LogP contribution in [0.15, 0.2) is 18.2 Å². The molecule has 0 unspecified atom stereocenters. The number of hydrogen-bond donors (Lipinski definition) is 1. The summed E-state index contributed by atoms with van der Waals surface area (Å²) in [7, 11) is 0. The first-order valence-corrected chi connectivity index (χ1v) is 12.3. The molecular formula is C25H36N2O4. The highest BCUT2D eigenvalue weighted by Crippen LogP contribution is 2.57. The molecule has 1 aromatic carbocycles. The third kappa shape index (κ3) is 4.32. The zero-order valence-electron chi connectivity index (χ0n) is 18.5. The van der Waals surface area contributed by atoms with Crippen LogP contribution in [0, 0.1) is 17.8 Å². The van der Waals surface area contributed by atoms with Crippen LogP contribution in [0.4, 0.5) is 0 Å². The molecule has 6 nitrogen and oxygen atoms in total. The molecule has 170 valence electrons. The molecule has 0 radical (unpaired) electrons. The van der Waals surface area contributed by atoms with Gasteiger partial charge < -0.3 is 19.3 Å². The molecule has 6 aliphatic rings. The smallest absolute Gasteiger partial charge is 0.231 e. The molecule has 4 saturated carbocycles. The van der Waals surface area contributed by atoms with E-state index in [4.69, 9.17) is 14.2 Å². The van der Waals surface area contributed by atoms with E-state index in [9.17, 15) is 5.11 Å². The van der Waals surface area contributed by atoms with Gasteiger partial charge in [0.2, 0.25) is 6.79 Å². The highest BCUT2D eigenvalue weighted by molar-refractivity contribution is 5.44. The fraction of sp³-hybridized carbons (Fsp3) is 0.760. The Bertz CT molecular complexity index is 756. The van der Waals surface area contributed by atoms with Gasteiger partial charge in [-0.15, -0.1) is 0 Å². The summed E-state index contributed by atoms with van der Waals surface area (Å²) in [4.78, 5) is 4.87. The molecule has 1 aromatic rings. The summed E-state index contributed by atoms with van der Waals surface area (Å²) >= 11 is 0. The summed E-state index contributed by atoms with van der Waals surface area (Å²) < 4.78 is 17.4. The minimum Gasteiger partial charge on any atom is -0.454 e. The van der Waals surface area contributed by atoms with Gasteiger partial charge in [-0.1, -0.05) is 6.07 Å². The number of nitrogens with zero attached hydrogens (tertiary/aromatic N) is 2. The second kappa shape index (κ2) is 8.22. The van der Waals surface area contributed by atoms with Crippen molar-refractivity contribution in [2.75, 3.05) is 46.1 Å². The van der Waals surface area contributed by atoms with Gasteiger partial charge in [0.25, 0.3) is 0 Å². The number of β-amino-alcohol motifs (C(OH)–C–C–N with tert-alkyl or cyclic N) is 1. The number of aliphatic hydroxyl groups is 1. The van der Waals surface area contributed by atoms with E-state index in [1.54, 1.807) is 0 Å². The van der Waals surface area contributed by atoms with Crippen LogP contribution >= 0.6 is 0 Å². The van der Waals surface area contributed by atoms with Crippen LogP contribution in [0.5, 0.6) is 11.5 Å². The average molecular weight is 429 g/mol. The highest BCUT2D eigenvalue weighted by atomic mass is 16.7. The lowest BCUT2D eigenvalue weighted by Crippen LogP contribution is -2.53. The number of hydrogen-bond acceptors (Lipinski definition) is 6. The third-order valence-electron chi connectivity index (χ3n) is 8.34. The van der Waals surface area contributed by atoms with Crippen molar-refractivity contribution in [3.05, 3.63) is 23.8 Å². The van der Waals surface area contributed by atoms with Crippen LogP contribution in [-0.2, 0) is 11.3 Å². The fourth-order valence-corrected chi connectivity index (χ4v) is 7.26. The van der Waals surface area contributed by atoms with Crippen molar-refractivity contribution in [3.63, 3.8) is 0 Å². The average Bonchev–Trinajstić information content (AvgIpc) is 3.21. The van der Waals surface area contributed by atoms with E-state index in [-0.39, 0.29) is 11.7 Å². The van der Waals surface area contributed by atoms with Gasteiger partial charge in [-0.3, -0.25) is 9.80 Å². The standard InChI is InChI=1S/C25H36N2O4/c28-22(16-31-25-11-19-7-20(12-25)9-21(8-19)13-25)15-27-5-3-26(4-6-27)14-18-1-2-23-24(10-18)30-17-29-23/h1-2,10,19-22,28H,3-9,11-17H2/t19?,20?,21?,22-,25?/m0/s1. The van der Waals surface area contributed by atoms with Crippen LogP contribution in [0.25, 0.3) is 0 Å². The first-order valence-electron chi connectivity index (χ1n) is 12.3. The van der Waals surface area contributed by atoms with E-state index in [0.717, 1.165) is 68.5 Å². The second-order valence-corrected chi connectivity index (χ2v) is 10.8. The lowest BCUT2D eigenvalue weighted by atomic mass is 9.54. The van der Waals surface area contributed by atoms with Crippen LogP contribution in [0.1, 0.15) is 44.1 Å². The Hall–Kier alpha value is -1.34. The largest absolute Gasteiger partial charge is 0.454 e. The zero-order chi connectivity index (χ0) is 20.8. The Morgan fingerprint density at radius 1 is 0.935 bits per heavy atom. The van der Waals surface area contributed by atoms with Gasteiger partial charge >= 0.3 is 0 Å². The molecule has 2 heterocycles. The molecule has 0 aromatic heterocycles. The SMILES string of the molecule is O[C@H](COC12CC3CC(CC(C3)C1)C2)CN1CCN(Cc2ccc3c(c2)OCO3)CC1. The quantitative estimate of drug-likeness (QED) is 0.721. The van der Waals surface area contributed by atoms with Gasteiger partial charge in [0.05, 0.1) is 18.3 Å². The van der Waals surface area contributed by atoms with Crippen molar-refractivity contribution in [2.45, 2.75) is 56.8 Å². The summed E-state index contributed by atoms with van der Waals surface area (Å²) in [5.41, 5.74) is 1.36. The number of piperazine rings is 1. The first kappa shape index (κ1) is 20.3. The predicted octanol–water partition coefficient (Wildman–Crippen LogP) is 2.88. The number of benzene rings is 1. The van der Waals surface area contributed by atoms with Gasteiger partial charge in [-0.25, -0.2) is 0 Å². The predicted molar refractivity (Wildman–Crippen MR) is 117 cm³/mol. The van der Waals surface area contributed by atoms with Crippen molar-refractivity contribution in [1.82, 2.24) is 9.80 Å². The van der Waals surface area contributed by atoms with Crippen LogP contribution in [0.2, 0.25) is 0 Å². The maximum Gasteiger partial charge on any atom is 0.231 e. The topological polar surface area (TPSA) is 54.4 Å². The van der Waals surface area contributed by atoms with Crippen molar-refractivity contribution < 1.29 is 19.3 Å². The van der Waals surface area contributed by atoms with E-state index in [0.29, 0.717) is 13.4 Å². The molecule has 7 rings (SSSR count). The van der Waals surface area contributed by atoms with Crippen molar-refractivity contribution in [1.29, 1.82) is 0 Å². The number of aliphatic hydroxyl groups excluding tert-OH is 1. The molecule has 31 heavy (non-hydrogen) atoms. The van der Waals surface area contributed by atoms with Crippen molar-refractivity contribution in [2.24, 2.45) is 17.8 Å². The first-order chi connectivity index (χ1) is 15.1. The van der Waals surface area contributed by atoms with E-state index >= 15 is 0 Å². The Morgan fingerprint density at radius 3 is 2.29 bits per heavy atom. The summed E-state index contributed by atoms with van der Waals surface area (Å²) in [6.45, 7) is 6.54. The lowest BCUT2D eigenvalue weighted by Gasteiger charge is -2.56. The minimum atomic E-state index is -0.381. The van der Waals surface area contributed by atoms with Gasteiger partial charge in [-0.2, -0.15) is 0 Å². The van der Waals surface area contributed by atoms with Gasteiger partial charge in [-0.05, 0) is 74.0 Å². The Balaban J connectivity index is 0.944. The maximum absolute atomic E-state index is 10.7. The van der Waals surface area contributed by atoms with Crippen LogP contribution in [-0.4, -0.2) is 72.7 Å². The highest BCUT2D eigenvalue weighted by Gasteiger charge is 2.51.